The van der Waals surface area contributed by atoms with Crippen molar-refractivity contribution < 1.29 is 27.8 Å². The number of nitrogens with one attached hydrogen (secondary N) is 1. The predicted octanol–water partition coefficient (Wildman–Crippen LogP) is 0.882. The van der Waals surface area contributed by atoms with Crippen LogP contribution in [0.4, 0.5) is 4.39 Å². The van der Waals surface area contributed by atoms with Gasteiger partial charge in [0.2, 0.25) is 10.0 Å². The summed E-state index contributed by atoms with van der Waals surface area (Å²) in [5.41, 5.74) is -0.764. The van der Waals surface area contributed by atoms with Crippen LogP contribution in [0.3, 0.4) is 0 Å². The van der Waals surface area contributed by atoms with Crippen LogP contribution in [-0.2, 0) is 10.0 Å². The number of aliphatic hydroxyl groups is 1. The van der Waals surface area contributed by atoms with E-state index in [1.165, 1.54) is 6.92 Å². The SMILES string of the molecule is Cc1cc(S(=O)(=O)NC(C)CCO)cc(C(=O)O)c1F. The molecule has 1 atom stereocenters. The highest BCUT2D eigenvalue weighted by atomic mass is 32.2. The zero-order chi connectivity index (χ0) is 15.5. The summed E-state index contributed by atoms with van der Waals surface area (Å²) in [6.07, 6.45) is 0.213. The standard InChI is InChI=1S/C12H16FNO5S/c1-7-5-9(6-10(11(7)13)12(16)17)20(18,19)14-8(2)3-4-15/h5-6,8,14-15H,3-4H2,1-2H3,(H,16,17). The van der Waals surface area contributed by atoms with Crippen LogP contribution in [0, 0.1) is 12.7 Å². The fourth-order valence-electron chi connectivity index (χ4n) is 1.63. The number of aryl methyl sites for hydroxylation is 1. The molecule has 0 aromatic heterocycles. The molecule has 0 amide bonds. The van der Waals surface area contributed by atoms with Crippen molar-refractivity contribution in [2.75, 3.05) is 6.61 Å². The average molecular weight is 305 g/mol. The van der Waals surface area contributed by atoms with Crippen LogP contribution in [0.1, 0.15) is 29.3 Å². The highest BCUT2D eigenvalue weighted by molar-refractivity contribution is 7.89. The second-order valence-electron chi connectivity index (χ2n) is 4.44. The molecule has 1 aromatic rings. The number of rotatable bonds is 6. The van der Waals surface area contributed by atoms with Gasteiger partial charge in [-0.25, -0.2) is 22.3 Å². The van der Waals surface area contributed by atoms with Crippen molar-refractivity contribution in [2.45, 2.75) is 31.2 Å². The number of aromatic carboxylic acids is 1. The van der Waals surface area contributed by atoms with E-state index in [1.807, 2.05) is 0 Å². The zero-order valence-corrected chi connectivity index (χ0v) is 11.9. The van der Waals surface area contributed by atoms with E-state index >= 15 is 0 Å². The Hall–Kier alpha value is -1.51. The van der Waals surface area contributed by atoms with Crippen molar-refractivity contribution >= 4 is 16.0 Å². The highest BCUT2D eigenvalue weighted by Gasteiger charge is 2.22. The number of hydrogen-bond acceptors (Lipinski definition) is 4. The lowest BCUT2D eigenvalue weighted by atomic mass is 10.1. The molecule has 112 valence electrons. The summed E-state index contributed by atoms with van der Waals surface area (Å²) >= 11 is 0. The number of carbonyl (C=O) groups is 1. The molecule has 6 nitrogen and oxygen atoms in total. The maximum Gasteiger partial charge on any atom is 0.338 e. The van der Waals surface area contributed by atoms with E-state index in [1.54, 1.807) is 6.92 Å². The Morgan fingerprint density at radius 3 is 2.55 bits per heavy atom. The fraction of sp³-hybridized carbons (Fsp3) is 0.417. The molecule has 0 fully saturated rings. The van der Waals surface area contributed by atoms with E-state index < -0.39 is 33.4 Å². The Balaban J connectivity index is 3.22. The highest BCUT2D eigenvalue weighted by Crippen LogP contribution is 2.19. The number of aliphatic hydroxyl groups excluding tert-OH is 1. The van der Waals surface area contributed by atoms with Gasteiger partial charge in [0.15, 0.2) is 0 Å². The summed E-state index contributed by atoms with van der Waals surface area (Å²) in [5.74, 6) is -2.49. The van der Waals surface area contributed by atoms with Gasteiger partial charge in [-0.15, -0.1) is 0 Å². The van der Waals surface area contributed by atoms with Crippen LogP contribution >= 0.6 is 0 Å². The lowest BCUT2D eigenvalue weighted by molar-refractivity contribution is 0.0691. The first-order valence-corrected chi connectivity index (χ1v) is 7.34. The lowest BCUT2D eigenvalue weighted by Gasteiger charge is -2.14. The molecule has 0 saturated heterocycles. The van der Waals surface area contributed by atoms with Gasteiger partial charge in [0.25, 0.3) is 0 Å². The summed E-state index contributed by atoms with van der Waals surface area (Å²) in [6, 6.07) is 1.32. The molecule has 0 aliphatic rings. The van der Waals surface area contributed by atoms with Gasteiger partial charge >= 0.3 is 5.97 Å². The third-order valence-corrected chi connectivity index (χ3v) is 4.26. The minimum Gasteiger partial charge on any atom is -0.478 e. The Bertz CT molecular complexity index is 615. The summed E-state index contributed by atoms with van der Waals surface area (Å²) in [6.45, 7) is 2.66. The molecular formula is C12H16FNO5S. The number of hydrogen-bond donors (Lipinski definition) is 3. The van der Waals surface area contributed by atoms with E-state index in [0.717, 1.165) is 12.1 Å². The number of benzene rings is 1. The maximum absolute atomic E-state index is 13.6. The molecule has 3 N–H and O–H groups in total. The monoisotopic (exact) mass is 305 g/mol. The van der Waals surface area contributed by atoms with Crippen molar-refractivity contribution in [3.05, 3.63) is 29.1 Å². The molecule has 0 saturated carbocycles. The molecule has 0 aliphatic carbocycles. The molecule has 0 heterocycles. The van der Waals surface area contributed by atoms with Crippen molar-refractivity contribution in [3.8, 4) is 0 Å². The van der Waals surface area contributed by atoms with Crippen LogP contribution in [-0.4, -0.2) is 37.2 Å². The van der Waals surface area contributed by atoms with Gasteiger partial charge in [0.05, 0.1) is 10.5 Å². The minimum atomic E-state index is -3.97. The van der Waals surface area contributed by atoms with Crippen LogP contribution < -0.4 is 4.72 Å². The molecule has 1 aromatic carbocycles. The van der Waals surface area contributed by atoms with Gasteiger partial charge in [0, 0.05) is 12.6 Å². The van der Waals surface area contributed by atoms with Gasteiger partial charge in [-0.2, -0.15) is 0 Å². The Kier molecular flexibility index (Phi) is 5.21. The zero-order valence-electron chi connectivity index (χ0n) is 11.1. The van der Waals surface area contributed by atoms with Crippen LogP contribution in [0.2, 0.25) is 0 Å². The second kappa shape index (κ2) is 6.29. The molecule has 20 heavy (non-hydrogen) atoms. The van der Waals surface area contributed by atoms with Crippen molar-refractivity contribution in [1.82, 2.24) is 4.72 Å². The Morgan fingerprint density at radius 1 is 1.45 bits per heavy atom. The van der Waals surface area contributed by atoms with Gasteiger partial charge in [-0.1, -0.05) is 0 Å². The van der Waals surface area contributed by atoms with E-state index in [-0.39, 0.29) is 23.5 Å². The minimum absolute atomic E-state index is 0.0694. The van der Waals surface area contributed by atoms with Crippen LogP contribution in [0.25, 0.3) is 0 Å². The average Bonchev–Trinajstić information content (AvgIpc) is 2.31. The predicted molar refractivity (Wildman–Crippen MR) is 69.6 cm³/mol. The Labute approximate surface area is 116 Å². The number of halogens is 1. The Morgan fingerprint density at radius 2 is 2.05 bits per heavy atom. The molecule has 0 bridgehead atoms. The summed E-state index contributed by atoms with van der Waals surface area (Å²) < 4.78 is 40.0. The molecule has 0 aliphatic heterocycles. The fourth-order valence-corrected chi connectivity index (χ4v) is 3.02. The van der Waals surface area contributed by atoms with Crippen molar-refractivity contribution in [2.24, 2.45) is 0 Å². The first kappa shape index (κ1) is 16.5. The van der Waals surface area contributed by atoms with Crippen LogP contribution in [0.5, 0.6) is 0 Å². The quantitative estimate of drug-likeness (QED) is 0.724. The topological polar surface area (TPSA) is 104 Å². The number of carboxylic acid groups (broad SMARTS) is 1. The molecule has 0 spiro atoms. The smallest absolute Gasteiger partial charge is 0.338 e. The van der Waals surface area contributed by atoms with Gasteiger partial charge < -0.3 is 10.2 Å². The molecule has 1 unspecified atom stereocenters. The number of sulfonamides is 1. The van der Waals surface area contributed by atoms with E-state index in [2.05, 4.69) is 4.72 Å². The summed E-state index contributed by atoms with van der Waals surface area (Å²) in [4.78, 5) is 10.6. The summed E-state index contributed by atoms with van der Waals surface area (Å²) in [5, 5.41) is 17.6. The first-order valence-electron chi connectivity index (χ1n) is 5.85. The van der Waals surface area contributed by atoms with Crippen LogP contribution in [0.15, 0.2) is 17.0 Å². The van der Waals surface area contributed by atoms with Crippen molar-refractivity contribution in [1.29, 1.82) is 0 Å². The van der Waals surface area contributed by atoms with Gasteiger partial charge in [-0.3, -0.25) is 0 Å². The van der Waals surface area contributed by atoms with Gasteiger partial charge in [0.1, 0.15) is 5.82 Å². The van der Waals surface area contributed by atoms with Gasteiger partial charge in [-0.05, 0) is 38.0 Å². The normalized spacial score (nSPS) is 13.2. The maximum atomic E-state index is 13.6. The van der Waals surface area contributed by atoms with Crippen molar-refractivity contribution in [3.63, 3.8) is 0 Å². The van der Waals surface area contributed by atoms with E-state index in [0.29, 0.717) is 0 Å². The first-order chi connectivity index (χ1) is 9.19. The third kappa shape index (κ3) is 3.75. The van der Waals surface area contributed by atoms with E-state index in [9.17, 15) is 17.6 Å². The lowest BCUT2D eigenvalue weighted by Crippen LogP contribution is -2.33. The third-order valence-electron chi connectivity index (χ3n) is 2.69. The summed E-state index contributed by atoms with van der Waals surface area (Å²) in [7, 11) is -3.97. The second-order valence-corrected chi connectivity index (χ2v) is 6.16. The molecular weight excluding hydrogens is 289 g/mol. The van der Waals surface area contributed by atoms with E-state index in [4.69, 9.17) is 10.2 Å². The molecule has 1 rings (SSSR count). The number of carboxylic acids is 1. The largest absolute Gasteiger partial charge is 0.478 e. The molecule has 0 radical (unpaired) electrons. The molecule has 8 heteroatoms.